The second-order valence-electron chi connectivity index (χ2n) is 5.34. The number of hydrogen-bond donors (Lipinski definition) is 1. The highest BCUT2D eigenvalue weighted by Crippen LogP contribution is 2.42. The number of ketones is 1. The van der Waals surface area contributed by atoms with Crippen LogP contribution in [-0.2, 0) is 11.4 Å². The minimum atomic E-state index is -0.322. The molecule has 3 heteroatoms. The first-order valence-corrected chi connectivity index (χ1v) is 6.67. The molecule has 2 rings (SSSR count). The van der Waals surface area contributed by atoms with Gasteiger partial charge in [-0.2, -0.15) is 5.26 Å². The van der Waals surface area contributed by atoms with Crippen LogP contribution >= 0.6 is 0 Å². The lowest BCUT2D eigenvalue weighted by molar-refractivity contribution is -0.111. The van der Waals surface area contributed by atoms with Gasteiger partial charge in [0.05, 0.1) is 6.61 Å². The number of carbonyl (C=O) groups is 1. The largest absolute Gasteiger partial charge is 0.392 e. The van der Waals surface area contributed by atoms with Gasteiger partial charge >= 0.3 is 0 Å². The summed E-state index contributed by atoms with van der Waals surface area (Å²) in [5.41, 5.74) is 5.59. The Kier molecular flexibility index (Phi) is 3.93. The molecule has 0 atom stereocenters. The van der Waals surface area contributed by atoms with Crippen molar-refractivity contribution in [3.63, 3.8) is 0 Å². The molecule has 3 nitrogen and oxygen atoms in total. The Labute approximate surface area is 124 Å². The van der Waals surface area contributed by atoms with Crippen molar-refractivity contribution in [1.82, 2.24) is 0 Å². The fourth-order valence-corrected chi connectivity index (χ4v) is 2.56. The van der Waals surface area contributed by atoms with E-state index in [2.05, 4.69) is 13.2 Å². The highest BCUT2D eigenvalue weighted by atomic mass is 16.3. The summed E-state index contributed by atoms with van der Waals surface area (Å²) in [6.45, 7) is 11.1. The number of benzene rings is 1. The van der Waals surface area contributed by atoms with Crippen molar-refractivity contribution in [3.05, 3.63) is 58.7 Å². The van der Waals surface area contributed by atoms with Crippen LogP contribution in [0.1, 0.15) is 35.6 Å². The van der Waals surface area contributed by atoms with E-state index < -0.39 is 0 Å². The number of carbonyl (C=O) groups excluding carboxylic acids is 1. The predicted octanol–water partition coefficient (Wildman–Crippen LogP) is 3.33. The first kappa shape index (κ1) is 15.0. The number of aryl methyl sites for hydroxylation is 1. The first-order valence-electron chi connectivity index (χ1n) is 6.67. The summed E-state index contributed by atoms with van der Waals surface area (Å²) in [4.78, 5) is 12.1. The Bertz CT molecular complexity index is 745. The third kappa shape index (κ3) is 2.46. The van der Waals surface area contributed by atoms with Gasteiger partial charge in [-0.3, -0.25) is 4.79 Å². The van der Waals surface area contributed by atoms with Crippen molar-refractivity contribution in [2.75, 3.05) is 0 Å². The van der Waals surface area contributed by atoms with Crippen LogP contribution in [0.4, 0.5) is 0 Å². The zero-order valence-corrected chi connectivity index (χ0v) is 12.3. The monoisotopic (exact) mass is 279 g/mol. The lowest BCUT2D eigenvalue weighted by atomic mass is 9.94. The van der Waals surface area contributed by atoms with E-state index in [4.69, 9.17) is 0 Å². The smallest absolute Gasteiger partial charge is 0.198 e. The minimum absolute atomic E-state index is 0.0404. The summed E-state index contributed by atoms with van der Waals surface area (Å²) in [6, 6.07) is 5.82. The molecule has 0 saturated heterocycles. The second-order valence-corrected chi connectivity index (χ2v) is 5.34. The number of fused-ring (bicyclic) bond motifs is 1. The predicted molar refractivity (Wildman–Crippen MR) is 83.1 cm³/mol. The van der Waals surface area contributed by atoms with Crippen LogP contribution < -0.4 is 0 Å². The van der Waals surface area contributed by atoms with Crippen LogP contribution in [0.2, 0.25) is 0 Å². The molecule has 0 unspecified atom stereocenters. The van der Waals surface area contributed by atoms with E-state index >= 15 is 0 Å². The number of rotatable bonds is 3. The van der Waals surface area contributed by atoms with Crippen LogP contribution in [0.15, 0.2) is 36.4 Å². The summed E-state index contributed by atoms with van der Waals surface area (Å²) in [5, 5.41) is 18.7. The van der Waals surface area contributed by atoms with E-state index in [0.29, 0.717) is 17.6 Å². The fraction of sp³-hybridized carbons (Fsp3) is 0.222. The van der Waals surface area contributed by atoms with E-state index in [1.165, 1.54) is 0 Å². The van der Waals surface area contributed by atoms with Crippen molar-refractivity contribution in [2.24, 2.45) is 0 Å². The molecule has 0 aromatic heterocycles. The van der Waals surface area contributed by atoms with Gasteiger partial charge in [0.1, 0.15) is 11.6 Å². The number of nitriles is 1. The molecule has 1 aromatic carbocycles. The Hall–Kier alpha value is -2.44. The zero-order valence-electron chi connectivity index (χ0n) is 12.3. The maximum absolute atomic E-state index is 12.1. The molecular formula is C18H17NO2. The van der Waals surface area contributed by atoms with Gasteiger partial charge in [-0.1, -0.05) is 19.2 Å². The number of Topliss-reactive ketones (excluding diaryl/α,β-unsaturated/α-hetero) is 1. The number of aliphatic hydroxyl groups excluding tert-OH is 1. The van der Waals surface area contributed by atoms with Crippen LogP contribution in [0.5, 0.6) is 0 Å². The molecule has 106 valence electrons. The molecule has 0 radical (unpaired) electrons. The topological polar surface area (TPSA) is 61.1 Å². The first-order chi connectivity index (χ1) is 9.90. The Morgan fingerprint density at radius 2 is 2.10 bits per heavy atom. The standard InChI is InChI=1S/C18H17NO2/c1-10(2)18(21)17(8-19)16-6-12(4)14-7-13(9-20)11(3)5-15(14)16/h5,7,20H,1,4,6,9H2,2-3H3/b17-16+. The molecule has 0 saturated carbocycles. The average Bonchev–Trinajstić information content (AvgIpc) is 2.75. The Morgan fingerprint density at radius 1 is 1.43 bits per heavy atom. The molecule has 0 bridgehead atoms. The van der Waals surface area contributed by atoms with E-state index in [1.807, 2.05) is 25.1 Å². The molecule has 1 aliphatic carbocycles. The molecule has 1 aliphatic rings. The van der Waals surface area contributed by atoms with Crippen molar-refractivity contribution < 1.29 is 9.90 Å². The summed E-state index contributed by atoms with van der Waals surface area (Å²) in [6.07, 6.45) is 0.478. The van der Waals surface area contributed by atoms with Gasteiger partial charge in [0, 0.05) is 0 Å². The van der Waals surface area contributed by atoms with Gasteiger partial charge in [0.2, 0.25) is 0 Å². The fourth-order valence-electron chi connectivity index (χ4n) is 2.56. The van der Waals surface area contributed by atoms with Crippen LogP contribution in [0, 0.1) is 18.3 Å². The number of aliphatic hydroxyl groups is 1. The average molecular weight is 279 g/mol. The highest BCUT2D eigenvalue weighted by Gasteiger charge is 2.26. The van der Waals surface area contributed by atoms with Gasteiger partial charge < -0.3 is 5.11 Å². The van der Waals surface area contributed by atoms with Gasteiger partial charge in [0.25, 0.3) is 0 Å². The van der Waals surface area contributed by atoms with E-state index in [1.54, 1.807) is 6.92 Å². The lowest BCUT2D eigenvalue weighted by Crippen LogP contribution is -2.04. The van der Waals surface area contributed by atoms with Crippen molar-refractivity contribution in [2.45, 2.75) is 26.9 Å². The molecular weight excluding hydrogens is 262 g/mol. The van der Waals surface area contributed by atoms with Crippen molar-refractivity contribution >= 4 is 16.9 Å². The van der Waals surface area contributed by atoms with Crippen LogP contribution in [-0.4, -0.2) is 10.9 Å². The SMILES string of the molecule is C=C(C)C(=O)/C(C#N)=C1\CC(=C)c2cc(CO)c(C)cc21. The van der Waals surface area contributed by atoms with Crippen molar-refractivity contribution in [3.8, 4) is 6.07 Å². The molecule has 0 fully saturated rings. The molecule has 0 spiro atoms. The highest BCUT2D eigenvalue weighted by molar-refractivity contribution is 6.17. The Morgan fingerprint density at radius 3 is 2.62 bits per heavy atom. The normalized spacial score (nSPS) is 15.4. The van der Waals surface area contributed by atoms with Gasteiger partial charge in [-0.25, -0.2) is 0 Å². The van der Waals surface area contributed by atoms with Gasteiger partial charge in [-0.15, -0.1) is 0 Å². The molecule has 0 heterocycles. The van der Waals surface area contributed by atoms with Crippen LogP contribution in [0.3, 0.4) is 0 Å². The molecule has 1 aromatic rings. The maximum atomic E-state index is 12.1. The molecule has 0 amide bonds. The van der Waals surface area contributed by atoms with E-state index in [-0.39, 0.29) is 18.0 Å². The summed E-state index contributed by atoms with van der Waals surface area (Å²) >= 11 is 0. The number of nitrogens with zero attached hydrogens (tertiary/aromatic N) is 1. The Balaban J connectivity index is 2.71. The molecule has 21 heavy (non-hydrogen) atoms. The maximum Gasteiger partial charge on any atom is 0.198 e. The van der Waals surface area contributed by atoms with E-state index in [0.717, 1.165) is 27.8 Å². The molecule has 1 N–H and O–H groups in total. The summed E-state index contributed by atoms with van der Waals surface area (Å²) in [7, 11) is 0. The van der Waals surface area contributed by atoms with E-state index in [9.17, 15) is 15.2 Å². The van der Waals surface area contributed by atoms with Crippen LogP contribution in [0.25, 0.3) is 11.1 Å². The third-order valence-electron chi connectivity index (χ3n) is 3.77. The summed E-state index contributed by atoms with van der Waals surface area (Å²) < 4.78 is 0. The quantitative estimate of drug-likeness (QED) is 0.682. The molecule has 0 aliphatic heterocycles. The third-order valence-corrected chi connectivity index (χ3v) is 3.77. The van der Waals surface area contributed by atoms with Gasteiger partial charge in [-0.05, 0) is 65.3 Å². The van der Waals surface area contributed by atoms with Gasteiger partial charge in [0.15, 0.2) is 5.78 Å². The second kappa shape index (κ2) is 5.51. The van der Waals surface area contributed by atoms with Crippen molar-refractivity contribution in [1.29, 1.82) is 5.26 Å². The minimum Gasteiger partial charge on any atom is -0.392 e. The number of hydrogen-bond acceptors (Lipinski definition) is 3. The summed E-state index contributed by atoms with van der Waals surface area (Å²) in [5.74, 6) is -0.322. The zero-order chi connectivity index (χ0) is 15.7. The number of allylic oxidation sites excluding steroid dienone is 4. The lowest BCUT2D eigenvalue weighted by Gasteiger charge is -2.09.